The lowest BCUT2D eigenvalue weighted by Gasteiger charge is -2.35. The van der Waals surface area contributed by atoms with E-state index >= 15 is 0 Å². The summed E-state index contributed by atoms with van der Waals surface area (Å²) in [6.45, 7) is 2.97. The second kappa shape index (κ2) is 15.3. The number of methoxy groups -OCH3 is 3. The number of carbonyl (C=O) groups is 2. The Kier molecular flexibility index (Phi) is 11.6. The van der Waals surface area contributed by atoms with Crippen LogP contribution in [-0.2, 0) is 23.8 Å². The summed E-state index contributed by atoms with van der Waals surface area (Å²) in [5.41, 5.74) is 0.827. The highest BCUT2D eigenvalue weighted by Gasteiger charge is 2.33. The van der Waals surface area contributed by atoms with E-state index in [0.717, 1.165) is 17.7 Å². The highest BCUT2D eigenvalue weighted by molar-refractivity contribution is 6.04. The first-order valence-corrected chi connectivity index (χ1v) is 14.5. The van der Waals surface area contributed by atoms with Gasteiger partial charge in [-0.1, -0.05) is 0 Å². The maximum absolute atomic E-state index is 12.8. The topological polar surface area (TPSA) is 170 Å². The molecule has 2 aliphatic heterocycles. The lowest BCUT2D eigenvalue weighted by molar-refractivity contribution is -0.143. The first-order valence-electron chi connectivity index (χ1n) is 14.5. The Hall–Kier alpha value is -3.44. The number of imide groups is 1. The molecule has 2 aromatic rings. The number of aliphatic hydroxyl groups excluding tert-OH is 2. The quantitative estimate of drug-likeness (QED) is 0.230. The predicted molar refractivity (Wildman–Crippen MR) is 160 cm³/mol. The van der Waals surface area contributed by atoms with Crippen molar-refractivity contribution >= 4 is 46.4 Å². The zero-order chi connectivity index (χ0) is 30.9. The minimum absolute atomic E-state index is 0.0746. The number of aliphatic hydroxyl groups is 2. The van der Waals surface area contributed by atoms with E-state index in [0.29, 0.717) is 68.0 Å². The predicted octanol–water partition coefficient (Wildman–Crippen LogP) is -1.27. The lowest BCUT2D eigenvalue weighted by atomic mass is 10.1. The fourth-order valence-electron chi connectivity index (χ4n) is 5.14. The molecule has 2 fully saturated rings. The van der Waals surface area contributed by atoms with Crippen LogP contribution in [0.4, 0.5) is 23.5 Å². The molecule has 43 heavy (non-hydrogen) atoms. The zero-order valence-corrected chi connectivity index (χ0v) is 25.4. The Morgan fingerprint density at radius 3 is 1.65 bits per heavy atom. The Balaban J connectivity index is 1.96. The number of piperazine rings is 1. The summed E-state index contributed by atoms with van der Waals surface area (Å²) in [6.07, 6.45) is 1.70. The molecule has 0 bridgehead atoms. The lowest BCUT2D eigenvalue weighted by Crippen LogP contribution is -2.52. The summed E-state index contributed by atoms with van der Waals surface area (Å²) in [6, 6.07) is 0. The number of rotatable bonds is 15. The van der Waals surface area contributed by atoms with E-state index in [1.165, 1.54) is 7.05 Å². The van der Waals surface area contributed by atoms with Gasteiger partial charge in [-0.3, -0.25) is 14.5 Å². The number of carbonyl (C=O) groups excluding carboxylic acids is 2. The molecule has 4 heterocycles. The number of ether oxygens (including phenoxy) is 3. The molecule has 0 saturated carbocycles. The molecular weight excluding hydrogens is 562 g/mol. The van der Waals surface area contributed by atoms with Gasteiger partial charge < -0.3 is 44.0 Å². The normalized spacial score (nSPS) is 16.5. The van der Waals surface area contributed by atoms with Gasteiger partial charge in [0.25, 0.3) is 0 Å². The summed E-state index contributed by atoms with van der Waals surface area (Å²) >= 11 is 0. The van der Waals surface area contributed by atoms with E-state index in [-0.39, 0.29) is 63.3 Å². The number of piperidine rings is 1. The minimum Gasteiger partial charge on any atom is -0.395 e. The summed E-state index contributed by atoms with van der Waals surface area (Å²) in [5.74, 6) is 0.795. The molecule has 2 aromatic heterocycles. The second-order valence-corrected chi connectivity index (χ2v) is 10.4. The molecule has 2 saturated heterocycles. The fourth-order valence-corrected chi connectivity index (χ4v) is 5.14. The van der Waals surface area contributed by atoms with Crippen LogP contribution in [0.5, 0.6) is 0 Å². The van der Waals surface area contributed by atoms with Crippen molar-refractivity contribution < 1.29 is 34.0 Å². The number of hydrogen-bond acceptors (Lipinski definition) is 15. The number of anilines is 4. The first-order chi connectivity index (χ1) is 20.8. The molecule has 16 nitrogen and oxygen atoms in total. The van der Waals surface area contributed by atoms with E-state index in [4.69, 9.17) is 34.1 Å². The third kappa shape index (κ3) is 7.56. The average molecular weight is 606 g/mol. The number of aromatic nitrogens is 4. The van der Waals surface area contributed by atoms with Crippen LogP contribution in [-0.4, -0.2) is 160 Å². The van der Waals surface area contributed by atoms with Gasteiger partial charge in [0.1, 0.15) is 11.0 Å². The molecule has 0 atom stereocenters. The molecule has 2 aliphatic rings. The molecule has 238 valence electrons. The van der Waals surface area contributed by atoms with Crippen LogP contribution in [0.3, 0.4) is 0 Å². The Morgan fingerprint density at radius 2 is 1.21 bits per heavy atom. The van der Waals surface area contributed by atoms with Gasteiger partial charge in [0.15, 0.2) is 11.6 Å². The van der Waals surface area contributed by atoms with Crippen LogP contribution in [0.15, 0.2) is 0 Å². The zero-order valence-electron chi connectivity index (χ0n) is 25.4. The number of amides is 2. The Labute approximate surface area is 251 Å². The van der Waals surface area contributed by atoms with Crippen LogP contribution < -0.4 is 19.6 Å². The third-order valence-corrected chi connectivity index (χ3v) is 7.69. The van der Waals surface area contributed by atoms with E-state index in [1.807, 2.05) is 4.90 Å². The monoisotopic (exact) mass is 605 g/mol. The van der Waals surface area contributed by atoms with Crippen LogP contribution in [0, 0.1) is 0 Å². The number of likely N-dealkylation sites (N-methyl/N-ethyl adjacent to an activating group) is 1. The van der Waals surface area contributed by atoms with Crippen molar-refractivity contribution in [2.24, 2.45) is 0 Å². The molecule has 16 heteroatoms. The van der Waals surface area contributed by atoms with Gasteiger partial charge in [-0.05, 0) is 12.8 Å². The van der Waals surface area contributed by atoms with Crippen LogP contribution in [0.2, 0.25) is 0 Å². The van der Waals surface area contributed by atoms with E-state index in [1.54, 1.807) is 31.1 Å². The van der Waals surface area contributed by atoms with Gasteiger partial charge in [0, 0.05) is 67.6 Å². The van der Waals surface area contributed by atoms with Crippen molar-refractivity contribution in [1.82, 2.24) is 24.8 Å². The summed E-state index contributed by atoms with van der Waals surface area (Å²) in [7, 11) is 6.40. The van der Waals surface area contributed by atoms with Gasteiger partial charge in [-0.15, -0.1) is 0 Å². The molecule has 0 unspecified atom stereocenters. The van der Waals surface area contributed by atoms with Gasteiger partial charge in [-0.2, -0.15) is 9.97 Å². The molecular formula is C27H43N9O7. The maximum atomic E-state index is 12.8. The highest BCUT2D eigenvalue weighted by Crippen LogP contribution is 2.34. The van der Waals surface area contributed by atoms with Crippen LogP contribution in [0.1, 0.15) is 12.8 Å². The van der Waals surface area contributed by atoms with Crippen molar-refractivity contribution in [3.8, 4) is 0 Å². The summed E-state index contributed by atoms with van der Waals surface area (Å²) < 4.78 is 16.3. The van der Waals surface area contributed by atoms with Crippen molar-refractivity contribution in [3.05, 3.63) is 0 Å². The molecule has 0 spiro atoms. The third-order valence-electron chi connectivity index (χ3n) is 7.69. The molecule has 2 amide bonds. The summed E-state index contributed by atoms with van der Waals surface area (Å²) in [5, 5.41) is 19.5. The Morgan fingerprint density at radius 1 is 0.744 bits per heavy atom. The van der Waals surface area contributed by atoms with Gasteiger partial charge in [0.05, 0.1) is 45.6 Å². The number of fused-ring (bicyclic) bond motifs is 1. The average Bonchev–Trinajstić information content (AvgIpc) is 3.02. The largest absolute Gasteiger partial charge is 0.395 e. The smallest absolute Gasteiger partial charge is 0.248 e. The second-order valence-electron chi connectivity index (χ2n) is 10.4. The number of hydrogen-bond donors (Lipinski definition) is 2. The van der Waals surface area contributed by atoms with Gasteiger partial charge in [0.2, 0.25) is 23.7 Å². The molecule has 0 aromatic carbocycles. The maximum Gasteiger partial charge on any atom is 0.248 e. The van der Waals surface area contributed by atoms with Crippen molar-refractivity contribution in [2.45, 2.75) is 18.9 Å². The van der Waals surface area contributed by atoms with Gasteiger partial charge >= 0.3 is 0 Å². The summed E-state index contributed by atoms with van der Waals surface area (Å²) in [4.78, 5) is 53.7. The van der Waals surface area contributed by atoms with Crippen LogP contribution >= 0.6 is 0 Å². The highest BCUT2D eigenvalue weighted by atomic mass is 16.5. The van der Waals surface area contributed by atoms with Crippen molar-refractivity contribution in [3.63, 3.8) is 0 Å². The SMILES string of the molecule is COCCN(CCOC)c1nc(N2CC(=O)N(C)C(=O)C2)c2nc(N(CCO)CCO)nc(N3CCC(OC)CC3)c2n1. The van der Waals surface area contributed by atoms with Gasteiger partial charge in [-0.25, -0.2) is 9.97 Å². The first kappa shape index (κ1) is 32.5. The van der Waals surface area contributed by atoms with Crippen molar-refractivity contribution in [1.29, 1.82) is 0 Å². The standard InChI is InChI=1S/C27H43N9O7/c1-32-20(39)17-36(18-21(32)40)25-23-22(28-27(31-25)35(11-15-41-2)12-16-42-3)24(33-7-5-19(43-4)6-8-33)30-26(29-23)34(9-13-37)10-14-38/h19,37-38H,5-18H2,1-4H3. The molecule has 0 aliphatic carbocycles. The minimum atomic E-state index is -0.362. The Bertz CT molecular complexity index is 1210. The van der Waals surface area contributed by atoms with E-state index in [2.05, 4.69) is 4.90 Å². The van der Waals surface area contributed by atoms with Crippen LogP contribution in [0.25, 0.3) is 11.0 Å². The van der Waals surface area contributed by atoms with Crippen molar-refractivity contribution in [2.75, 3.05) is 127 Å². The molecule has 0 radical (unpaired) electrons. The molecule has 2 N–H and O–H groups in total. The molecule has 4 rings (SSSR count). The van der Waals surface area contributed by atoms with E-state index < -0.39 is 0 Å². The van der Waals surface area contributed by atoms with E-state index in [9.17, 15) is 19.8 Å². The fraction of sp³-hybridized carbons (Fsp3) is 0.704. The number of nitrogens with zero attached hydrogens (tertiary/aromatic N) is 9.